The third-order valence-electron chi connectivity index (χ3n) is 4.48. The van der Waals surface area contributed by atoms with Crippen molar-refractivity contribution in [3.63, 3.8) is 0 Å². The zero-order chi connectivity index (χ0) is 19.4. The van der Waals surface area contributed by atoms with Crippen LogP contribution in [-0.4, -0.2) is 31.7 Å². The van der Waals surface area contributed by atoms with Gasteiger partial charge in [-0.1, -0.05) is 46.4 Å². The van der Waals surface area contributed by atoms with Crippen LogP contribution < -0.4 is 5.32 Å². The number of hydrogen-bond acceptors (Lipinski definition) is 3. The molecule has 1 fully saturated rings. The topological polar surface area (TPSA) is 66.5 Å². The first-order valence-corrected chi connectivity index (χ1v) is 11.4. The van der Waals surface area contributed by atoms with Crippen LogP contribution >= 0.6 is 27.5 Å². The van der Waals surface area contributed by atoms with Crippen LogP contribution in [0.2, 0.25) is 5.02 Å². The zero-order valence-corrected chi connectivity index (χ0v) is 17.8. The minimum absolute atomic E-state index is 0.138. The van der Waals surface area contributed by atoms with E-state index < -0.39 is 15.9 Å². The van der Waals surface area contributed by atoms with Crippen molar-refractivity contribution >= 4 is 49.1 Å². The zero-order valence-electron chi connectivity index (χ0n) is 14.6. The monoisotopic (exact) mass is 470 g/mol. The Morgan fingerprint density at radius 1 is 1.04 bits per heavy atom. The number of benzene rings is 2. The number of anilines is 1. The molecular weight excluding hydrogens is 452 g/mol. The molecule has 0 spiro atoms. The van der Waals surface area contributed by atoms with Gasteiger partial charge < -0.3 is 5.32 Å². The Hall–Kier alpha value is -1.41. The third-order valence-corrected chi connectivity index (χ3v) is 7.18. The minimum atomic E-state index is -3.61. The van der Waals surface area contributed by atoms with E-state index in [0.717, 1.165) is 30.2 Å². The van der Waals surface area contributed by atoms with E-state index in [9.17, 15) is 13.2 Å². The molecule has 0 atom stereocenters. The maximum Gasteiger partial charge on any atom is 0.255 e. The van der Waals surface area contributed by atoms with Crippen LogP contribution in [0, 0.1) is 0 Å². The highest BCUT2D eigenvalue weighted by Crippen LogP contribution is 2.27. The Bertz CT molecular complexity index is 942. The van der Waals surface area contributed by atoms with Gasteiger partial charge in [0.2, 0.25) is 10.0 Å². The second kappa shape index (κ2) is 8.73. The average Bonchev–Trinajstić information content (AvgIpc) is 2.94. The molecule has 5 nitrogen and oxygen atoms in total. The summed E-state index contributed by atoms with van der Waals surface area (Å²) in [6.45, 7) is 1.04. The van der Waals surface area contributed by atoms with Crippen LogP contribution in [0.3, 0.4) is 0 Å². The fourth-order valence-electron chi connectivity index (χ4n) is 3.01. The van der Waals surface area contributed by atoms with Gasteiger partial charge in [-0.05, 0) is 49.2 Å². The Kier molecular flexibility index (Phi) is 6.57. The first-order valence-electron chi connectivity index (χ1n) is 8.74. The summed E-state index contributed by atoms with van der Waals surface area (Å²) < 4.78 is 28.2. The van der Waals surface area contributed by atoms with Crippen molar-refractivity contribution in [1.29, 1.82) is 0 Å². The summed E-state index contributed by atoms with van der Waals surface area (Å²) in [6.07, 6.45) is 3.81. The SMILES string of the molecule is O=C(Nc1ccc(Br)cc1Cl)c1cccc(S(=O)(=O)N2CCCCCC2)c1. The molecule has 1 amide bonds. The summed E-state index contributed by atoms with van der Waals surface area (Å²) in [7, 11) is -3.61. The van der Waals surface area contributed by atoms with Crippen molar-refractivity contribution in [2.75, 3.05) is 18.4 Å². The van der Waals surface area contributed by atoms with E-state index in [1.54, 1.807) is 30.3 Å². The summed E-state index contributed by atoms with van der Waals surface area (Å²) in [4.78, 5) is 12.7. The van der Waals surface area contributed by atoms with Crippen LogP contribution in [0.1, 0.15) is 36.0 Å². The first-order chi connectivity index (χ1) is 12.9. The molecule has 27 heavy (non-hydrogen) atoms. The normalized spacial score (nSPS) is 15.9. The minimum Gasteiger partial charge on any atom is -0.321 e. The molecule has 3 rings (SSSR count). The van der Waals surface area contributed by atoms with E-state index in [2.05, 4.69) is 21.2 Å². The lowest BCUT2D eigenvalue weighted by Crippen LogP contribution is -2.32. The second-order valence-electron chi connectivity index (χ2n) is 6.42. The molecule has 2 aromatic carbocycles. The van der Waals surface area contributed by atoms with Crippen molar-refractivity contribution in [2.45, 2.75) is 30.6 Å². The van der Waals surface area contributed by atoms with E-state index in [1.807, 2.05) is 0 Å². The number of hydrogen-bond donors (Lipinski definition) is 1. The Morgan fingerprint density at radius 2 is 1.74 bits per heavy atom. The molecule has 0 aliphatic carbocycles. The summed E-state index contributed by atoms with van der Waals surface area (Å²) in [6, 6.07) is 11.2. The van der Waals surface area contributed by atoms with E-state index in [1.165, 1.54) is 16.4 Å². The standard InChI is InChI=1S/C19H20BrClN2O3S/c20-15-8-9-18(17(21)13-15)22-19(24)14-6-5-7-16(12-14)27(25,26)23-10-3-1-2-4-11-23/h5-9,12-13H,1-4,10-11H2,(H,22,24). The number of amides is 1. The lowest BCUT2D eigenvalue weighted by Gasteiger charge is -2.20. The number of carbonyl (C=O) groups excluding carboxylic acids is 1. The number of sulfonamides is 1. The van der Waals surface area contributed by atoms with E-state index in [4.69, 9.17) is 11.6 Å². The van der Waals surface area contributed by atoms with Crippen molar-refractivity contribution in [3.05, 3.63) is 57.5 Å². The maximum atomic E-state index is 12.9. The smallest absolute Gasteiger partial charge is 0.255 e. The quantitative estimate of drug-likeness (QED) is 0.688. The van der Waals surface area contributed by atoms with Crippen LogP contribution in [0.4, 0.5) is 5.69 Å². The highest BCUT2D eigenvalue weighted by atomic mass is 79.9. The Morgan fingerprint density at radius 3 is 2.41 bits per heavy atom. The number of rotatable bonds is 4. The van der Waals surface area contributed by atoms with Gasteiger partial charge in [-0.25, -0.2) is 8.42 Å². The fraction of sp³-hybridized carbons (Fsp3) is 0.316. The number of nitrogens with one attached hydrogen (secondary N) is 1. The summed E-state index contributed by atoms with van der Waals surface area (Å²) in [5.41, 5.74) is 0.732. The maximum absolute atomic E-state index is 12.9. The Balaban J connectivity index is 1.83. The van der Waals surface area contributed by atoms with Crippen LogP contribution in [0.15, 0.2) is 51.8 Å². The van der Waals surface area contributed by atoms with Gasteiger partial charge in [0.1, 0.15) is 0 Å². The molecule has 1 N–H and O–H groups in total. The summed E-state index contributed by atoms with van der Waals surface area (Å²) >= 11 is 9.45. The van der Waals surface area contributed by atoms with E-state index >= 15 is 0 Å². The molecule has 0 radical (unpaired) electrons. The summed E-state index contributed by atoms with van der Waals surface area (Å²) in [5.74, 6) is -0.410. The molecule has 8 heteroatoms. The van der Waals surface area contributed by atoms with Crippen molar-refractivity contribution in [2.24, 2.45) is 0 Å². The fourth-order valence-corrected chi connectivity index (χ4v) is 5.30. The molecule has 2 aromatic rings. The lowest BCUT2D eigenvalue weighted by molar-refractivity contribution is 0.102. The molecule has 1 saturated heterocycles. The van der Waals surface area contributed by atoms with Crippen molar-refractivity contribution in [1.82, 2.24) is 4.31 Å². The van der Waals surface area contributed by atoms with Gasteiger partial charge in [0.05, 0.1) is 15.6 Å². The molecule has 144 valence electrons. The number of halogens is 2. The van der Waals surface area contributed by atoms with Gasteiger partial charge in [0.15, 0.2) is 0 Å². The first kappa shape index (κ1) is 20.3. The van der Waals surface area contributed by atoms with Gasteiger partial charge in [-0.3, -0.25) is 4.79 Å². The van der Waals surface area contributed by atoms with Crippen LogP contribution in [0.5, 0.6) is 0 Å². The highest BCUT2D eigenvalue weighted by Gasteiger charge is 2.25. The van der Waals surface area contributed by atoms with Gasteiger partial charge in [0, 0.05) is 23.1 Å². The van der Waals surface area contributed by atoms with Crippen LogP contribution in [-0.2, 0) is 10.0 Å². The number of nitrogens with zero attached hydrogens (tertiary/aromatic N) is 1. The average molecular weight is 472 g/mol. The van der Waals surface area contributed by atoms with Gasteiger partial charge in [-0.15, -0.1) is 0 Å². The molecule has 1 heterocycles. The Labute approximate surface area is 172 Å². The molecule has 1 aliphatic heterocycles. The van der Waals surface area contributed by atoms with E-state index in [-0.39, 0.29) is 10.5 Å². The van der Waals surface area contributed by atoms with Gasteiger partial charge in [0.25, 0.3) is 5.91 Å². The molecule has 0 aromatic heterocycles. The summed E-state index contributed by atoms with van der Waals surface area (Å²) in [5, 5.41) is 3.12. The number of carbonyl (C=O) groups is 1. The largest absolute Gasteiger partial charge is 0.321 e. The molecule has 1 aliphatic rings. The molecule has 0 bridgehead atoms. The van der Waals surface area contributed by atoms with Gasteiger partial charge >= 0.3 is 0 Å². The lowest BCUT2D eigenvalue weighted by atomic mass is 10.2. The molecule has 0 unspecified atom stereocenters. The van der Waals surface area contributed by atoms with E-state index in [0.29, 0.717) is 23.8 Å². The predicted molar refractivity (Wildman–Crippen MR) is 111 cm³/mol. The second-order valence-corrected chi connectivity index (χ2v) is 9.69. The van der Waals surface area contributed by atoms with Gasteiger partial charge in [-0.2, -0.15) is 4.31 Å². The predicted octanol–water partition coefficient (Wildman–Crippen LogP) is 4.92. The molecule has 0 saturated carbocycles. The van der Waals surface area contributed by atoms with Crippen molar-refractivity contribution in [3.8, 4) is 0 Å². The molecular formula is C19H20BrClN2O3S. The highest BCUT2D eigenvalue weighted by molar-refractivity contribution is 9.10. The van der Waals surface area contributed by atoms with Crippen LogP contribution in [0.25, 0.3) is 0 Å². The van der Waals surface area contributed by atoms with Crippen molar-refractivity contribution < 1.29 is 13.2 Å². The third kappa shape index (κ3) is 4.90.